The standard InChI is InChI=1S/C13H18N2OS/c16-13(7-14-11-1-2-11)15(12-3-4-12)8-10-5-6-17-9-10/h5-6,9,11-12,14H,1-4,7-8H2. The number of carbonyl (C=O) groups is 1. The fraction of sp³-hybridized carbons (Fsp3) is 0.615. The Labute approximate surface area is 106 Å². The van der Waals surface area contributed by atoms with Gasteiger partial charge in [0.05, 0.1) is 6.54 Å². The molecule has 1 aromatic rings. The summed E-state index contributed by atoms with van der Waals surface area (Å²) in [6.07, 6.45) is 4.83. The summed E-state index contributed by atoms with van der Waals surface area (Å²) in [5.74, 6) is 0.269. The fourth-order valence-corrected chi connectivity index (χ4v) is 2.67. The lowest BCUT2D eigenvalue weighted by Crippen LogP contribution is -2.39. The van der Waals surface area contributed by atoms with Gasteiger partial charge in [0.1, 0.15) is 0 Å². The van der Waals surface area contributed by atoms with Gasteiger partial charge in [0.15, 0.2) is 0 Å². The van der Waals surface area contributed by atoms with Crippen LogP contribution < -0.4 is 5.32 Å². The Kier molecular flexibility index (Phi) is 3.16. The molecule has 1 amide bonds. The molecule has 2 fully saturated rings. The predicted molar refractivity (Wildman–Crippen MR) is 68.9 cm³/mol. The van der Waals surface area contributed by atoms with Crippen LogP contribution in [0.1, 0.15) is 31.2 Å². The molecule has 1 heterocycles. The van der Waals surface area contributed by atoms with Crippen LogP contribution in [0.15, 0.2) is 16.8 Å². The van der Waals surface area contributed by atoms with E-state index in [1.165, 1.54) is 31.2 Å². The van der Waals surface area contributed by atoms with Gasteiger partial charge < -0.3 is 10.2 Å². The number of nitrogens with one attached hydrogen (secondary N) is 1. The third-order valence-electron chi connectivity index (χ3n) is 3.36. The van der Waals surface area contributed by atoms with E-state index in [0.29, 0.717) is 18.6 Å². The van der Waals surface area contributed by atoms with Crippen LogP contribution in [-0.2, 0) is 11.3 Å². The van der Waals surface area contributed by atoms with E-state index >= 15 is 0 Å². The highest BCUT2D eigenvalue weighted by Crippen LogP contribution is 2.29. The molecular formula is C13H18N2OS. The molecule has 1 aromatic heterocycles. The second kappa shape index (κ2) is 4.78. The summed E-state index contributed by atoms with van der Waals surface area (Å²) in [5, 5.41) is 7.52. The van der Waals surface area contributed by atoms with Gasteiger partial charge >= 0.3 is 0 Å². The maximum atomic E-state index is 12.1. The molecular weight excluding hydrogens is 232 g/mol. The average molecular weight is 250 g/mol. The average Bonchev–Trinajstić information content (AvgIpc) is 3.24. The zero-order chi connectivity index (χ0) is 11.7. The van der Waals surface area contributed by atoms with Crippen LogP contribution in [0.3, 0.4) is 0 Å². The van der Waals surface area contributed by atoms with E-state index in [2.05, 4.69) is 27.0 Å². The Bertz CT molecular complexity index is 382. The van der Waals surface area contributed by atoms with E-state index in [1.54, 1.807) is 11.3 Å². The summed E-state index contributed by atoms with van der Waals surface area (Å²) in [4.78, 5) is 14.2. The highest BCUT2D eigenvalue weighted by molar-refractivity contribution is 7.07. The number of thiophene rings is 1. The Morgan fingerprint density at radius 2 is 2.24 bits per heavy atom. The summed E-state index contributed by atoms with van der Waals surface area (Å²) in [6, 6.07) is 3.23. The van der Waals surface area contributed by atoms with Crippen molar-refractivity contribution in [2.45, 2.75) is 44.3 Å². The monoisotopic (exact) mass is 250 g/mol. The molecule has 0 atom stereocenters. The lowest BCUT2D eigenvalue weighted by Gasteiger charge is -2.22. The number of nitrogens with zero attached hydrogens (tertiary/aromatic N) is 1. The molecule has 2 saturated carbocycles. The van der Waals surface area contributed by atoms with Crippen molar-refractivity contribution in [1.82, 2.24) is 10.2 Å². The van der Waals surface area contributed by atoms with Gasteiger partial charge in [0, 0.05) is 18.6 Å². The van der Waals surface area contributed by atoms with E-state index in [-0.39, 0.29) is 5.91 Å². The molecule has 3 rings (SSSR count). The van der Waals surface area contributed by atoms with Gasteiger partial charge in [-0.05, 0) is 48.1 Å². The van der Waals surface area contributed by atoms with Crippen LogP contribution in [0.2, 0.25) is 0 Å². The Morgan fingerprint density at radius 3 is 2.82 bits per heavy atom. The molecule has 2 aliphatic carbocycles. The highest BCUT2D eigenvalue weighted by Gasteiger charge is 2.33. The van der Waals surface area contributed by atoms with Crippen molar-refractivity contribution in [2.24, 2.45) is 0 Å². The minimum absolute atomic E-state index is 0.269. The van der Waals surface area contributed by atoms with Gasteiger partial charge in [-0.25, -0.2) is 0 Å². The van der Waals surface area contributed by atoms with E-state index in [4.69, 9.17) is 0 Å². The van der Waals surface area contributed by atoms with Crippen LogP contribution in [0.4, 0.5) is 0 Å². The third-order valence-corrected chi connectivity index (χ3v) is 4.09. The van der Waals surface area contributed by atoms with Crippen molar-refractivity contribution >= 4 is 17.2 Å². The van der Waals surface area contributed by atoms with Crippen molar-refractivity contribution < 1.29 is 4.79 Å². The number of hydrogen-bond donors (Lipinski definition) is 1. The van der Waals surface area contributed by atoms with Gasteiger partial charge in [-0.2, -0.15) is 11.3 Å². The number of rotatable bonds is 6. The lowest BCUT2D eigenvalue weighted by atomic mass is 10.3. The molecule has 0 aromatic carbocycles. The molecule has 92 valence electrons. The van der Waals surface area contributed by atoms with E-state index < -0.39 is 0 Å². The maximum Gasteiger partial charge on any atom is 0.237 e. The van der Waals surface area contributed by atoms with Crippen LogP contribution >= 0.6 is 11.3 Å². The Hall–Kier alpha value is -0.870. The van der Waals surface area contributed by atoms with Crippen molar-refractivity contribution in [3.63, 3.8) is 0 Å². The predicted octanol–water partition coefficient (Wildman–Crippen LogP) is 1.99. The van der Waals surface area contributed by atoms with Crippen molar-refractivity contribution in [2.75, 3.05) is 6.54 Å². The molecule has 0 radical (unpaired) electrons. The first-order chi connectivity index (χ1) is 8.33. The number of carbonyl (C=O) groups excluding carboxylic acids is 1. The Morgan fingerprint density at radius 1 is 1.41 bits per heavy atom. The zero-order valence-electron chi connectivity index (χ0n) is 9.89. The molecule has 2 aliphatic rings. The zero-order valence-corrected chi connectivity index (χ0v) is 10.7. The molecule has 0 bridgehead atoms. The third kappa shape index (κ3) is 3.07. The topological polar surface area (TPSA) is 32.3 Å². The lowest BCUT2D eigenvalue weighted by molar-refractivity contribution is -0.131. The van der Waals surface area contributed by atoms with E-state index in [0.717, 1.165) is 6.54 Å². The highest BCUT2D eigenvalue weighted by atomic mass is 32.1. The quantitative estimate of drug-likeness (QED) is 0.837. The maximum absolute atomic E-state index is 12.1. The first-order valence-electron chi connectivity index (χ1n) is 6.37. The van der Waals surface area contributed by atoms with E-state index in [9.17, 15) is 4.79 Å². The molecule has 0 saturated heterocycles. The summed E-state index contributed by atoms with van der Waals surface area (Å²) >= 11 is 1.70. The van der Waals surface area contributed by atoms with Gasteiger partial charge in [-0.3, -0.25) is 4.79 Å². The smallest absolute Gasteiger partial charge is 0.237 e. The molecule has 0 aliphatic heterocycles. The SMILES string of the molecule is O=C(CNC1CC1)N(Cc1ccsc1)C1CC1. The first-order valence-corrected chi connectivity index (χ1v) is 7.31. The molecule has 17 heavy (non-hydrogen) atoms. The van der Waals surface area contributed by atoms with Crippen molar-refractivity contribution in [3.8, 4) is 0 Å². The molecule has 0 unspecified atom stereocenters. The van der Waals surface area contributed by atoms with Crippen LogP contribution in [0.25, 0.3) is 0 Å². The summed E-state index contributed by atoms with van der Waals surface area (Å²) < 4.78 is 0. The van der Waals surface area contributed by atoms with Gasteiger partial charge in [0.2, 0.25) is 5.91 Å². The normalized spacial score (nSPS) is 19.3. The summed E-state index contributed by atoms with van der Waals surface area (Å²) in [5.41, 5.74) is 1.27. The van der Waals surface area contributed by atoms with Crippen molar-refractivity contribution in [3.05, 3.63) is 22.4 Å². The fourth-order valence-electron chi connectivity index (χ4n) is 2.01. The summed E-state index contributed by atoms with van der Waals surface area (Å²) in [6.45, 7) is 1.31. The minimum atomic E-state index is 0.269. The molecule has 3 nitrogen and oxygen atoms in total. The van der Waals surface area contributed by atoms with Crippen LogP contribution in [-0.4, -0.2) is 29.4 Å². The van der Waals surface area contributed by atoms with Crippen molar-refractivity contribution in [1.29, 1.82) is 0 Å². The molecule has 0 spiro atoms. The van der Waals surface area contributed by atoms with Crippen LogP contribution in [0, 0.1) is 0 Å². The Balaban J connectivity index is 1.56. The second-order valence-electron chi connectivity index (χ2n) is 5.04. The van der Waals surface area contributed by atoms with Crippen LogP contribution in [0.5, 0.6) is 0 Å². The van der Waals surface area contributed by atoms with Gasteiger partial charge in [-0.15, -0.1) is 0 Å². The van der Waals surface area contributed by atoms with Gasteiger partial charge in [-0.1, -0.05) is 0 Å². The second-order valence-corrected chi connectivity index (χ2v) is 5.82. The molecule has 1 N–H and O–H groups in total. The molecule has 4 heteroatoms. The first kappa shape index (κ1) is 11.2. The largest absolute Gasteiger partial charge is 0.334 e. The van der Waals surface area contributed by atoms with E-state index in [1.807, 2.05) is 0 Å². The summed E-state index contributed by atoms with van der Waals surface area (Å²) in [7, 11) is 0. The minimum Gasteiger partial charge on any atom is -0.334 e. The number of hydrogen-bond acceptors (Lipinski definition) is 3. The van der Waals surface area contributed by atoms with Gasteiger partial charge in [0.25, 0.3) is 0 Å². The number of amides is 1.